The highest BCUT2D eigenvalue weighted by atomic mass is 32.1. The Morgan fingerprint density at radius 3 is 2.67 bits per heavy atom. The molecule has 0 aliphatic carbocycles. The van der Waals surface area contributed by atoms with Crippen molar-refractivity contribution in [2.24, 2.45) is 7.05 Å². The predicted octanol–water partition coefficient (Wildman–Crippen LogP) is 2.86. The first-order valence-electron chi connectivity index (χ1n) is 9.64. The molecule has 0 saturated heterocycles. The molecule has 33 heavy (non-hydrogen) atoms. The lowest BCUT2D eigenvalue weighted by Crippen LogP contribution is -2.40. The number of nitrogens with zero attached hydrogens (tertiary/aromatic N) is 5. The van der Waals surface area contributed by atoms with Crippen molar-refractivity contribution in [3.8, 4) is 0 Å². The summed E-state index contributed by atoms with van der Waals surface area (Å²) in [5, 5.41) is 19.3. The van der Waals surface area contributed by atoms with Crippen LogP contribution in [0.4, 0.5) is 13.2 Å². The molecule has 1 aliphatic heterocycles. The molecular weight excluding hydrogens is 463 g/mol. The maximum Gasteiger partial charge on any atom is 0.490 e. The molecule has 0 aromatic carbocycles. The van der Waals surface area contributed by atoms with Crippen molar-refractivity contribution in [3.05, 3.63) is 63.9 Å². The third-order valence-electron chi connectivity index (χ3n) is 4.70. The molecule has 1 aliphatic rings. The summed E-state index contributed by atoms with van der Waals surface area (Å²) >= 11 is 1.52. The van der Waals surface area contributed by atoms with Gasteiger partial charge in [0.15, 0.2) is 0 Å². The van der Waals surface area contributed by atoms with Gasteiger partial charge in [0.2, 0.25) is 0 Å². The number of carbonyl (C=O) groups is 2. The normalized spacial score (nSPS) is 15.4. The van der Waals surface area contributed by atoms with Gasteiger partial charge in [-0.3, -0.25) is 14.5 Å². The Bertz CT molecular complexity index is 1070. The zero-order chi connectivity index (χ0) is 24.0. The number of aryl methyl sites for hydroxylation is 1. The molecule has 176 valence electrons. The second-order valence-electron chi connectivity index (χ2n) is 7.08. The van der Waals surface area contributed by atoms with Crippen molar-refractivity contribution in [3.63, 3.8) is 0 Å². The number of alkyl halides is 3. The number of hydrogen-bond donors (Lipinski definition) is 1. The van der Waals surface area contributed by atoms with Crippen LogP contribution in [0.25, 0.3) is 0 Å². The van der Waals surface area contributed by atoms with Crippen molar-refractivity contribution in [1.82, 2.24) is 24.9 Å². The van der Waals surface area contributed by atoms with Gasteiger partial charge in [-0.2, -0.15) is 24.5 Å². The zero-order valence-corrected chi connectivity index (χ0v) is 18.2. The van der Waals surface area contributed by atoms with Gasteiger partial charge in [0.05, 0.1) is 36.7 Å². The van der Waals surface area contributed by atoms with E-state index in [1.54, 1.807) is 10.9 Å². The van der Waals surface area contributed by atoms with Gasteiger partial charge in [0, 0.05) is 31.1 Å². The third-order valence-corrected chi connectivity index (χ3v) is 5.39. The molecule has 0 bridgehead atoms. The van der Waals surface area contributed by atoms with Crippen molar-refractivity contribution in [2.75, 3.05) is 13.2 Å². The lowest BCUT2D eigenvalue weighted by Gasteiger charge is -2.32. The van der Waals surface area contributed by atoms with Gasteiger partial charge in [-0.1, -0.05) is 11.3 Å². The molecule has 0 saturated carbocycles. The second-order valence-corrected chi connectivity index (χ2v) is 7.86. The van der Waals surface area contributed by atoms with Crippen LogP contribution in [0.3, 0.4) is 0 Å². The summed E-state index contributed by atoms with van der Waals surface area (Å²) in [6, 6.07) is 7.61. The van der Waals surface area contributed by atoms with Crippen LogP contribution in [0.5, 0.6) is 0 Å². The highest BCUT2D eigenvalue weighted by Gasteiger charge is 2.38. The molecule has 4 heterocycles. The fourth-order valence-electron chi connectivity index (χ4n) is 3.26. The Labute approximate surface area is 190 Å². The van der Waals surface area contributed by atoms with Crippen LogP contribution in [0, 0.1) is 0 Å². The number of carboxylic acids is 1. The summed E-state index contributed by atoms with van der Waals surface area (Å²) < 4.78 is 39.4. The average Bonchev–Trinajstić information content (AvgIpc) is 3.44. The summed E-state index contributed by atoms with van der Waals surface area (Å²) in [5.74, 6) is -2.70. The van der Waals surface area contributed by atoms with E-state index in [9.17, 15) is 18.0 Å². The first kappa shape index (κ1) is 24.3. The first-order chi connectivity index (χ1) is 15.7. The Morgan fingerprint density at radius 2 is 2.06 bits per heavy atom. The molecule has 9 nitrogen and oxygen atoms in total. The van der Waals surface area contributed by atoms with E-state index in [1.807, 2.05) is 47.0 Å². The van der Waals surface area contributed by atoms with Crippen LogP contribution in [0.15, 0.2) is 41.2 Å². The molecule has 13 heteroatoms. The summed E-state index contributed by atoms with van der Waals surface area (Å²) in [7, 11) is 1.88. The summed E-state index contributed by atoms with van der Waals surface area (Å²) in [6.07, 6.45) is -3.33. The van der Waals surface area contributed by atoms with Gasteiger partial charge in [0.1, 0.15) is 5.69 Å². The molecule has 1 atom stereocenters. The number of aliphatic carboxylic acids is 1. The number of rotatable bonds is 5. The highest BCUT2D eigenvalue weighted by Crippen LogP contribution is 2.28. The van der Waals surface area contributed by atoms with Crippen LogP contribution < -0.4 is 0 Å². The lowest BCUT2D eigenvalue weighted by atomic mass is 9.98. The SMILES string of the molecule is Cn1nnc2c1C(COCc1ccccn1)CN(C(=O)c1ccsc1)C2.O=C(O)C(F)(F)F. The molecule has 0 fully saturated rings. The lowest BCUT2D eigenvalue weighted by molar-refractivity contribution is -0.192. The van der Waals surface area contributed by atoms with Gasteiger partial charge in [-0.15, -0.1) is 5.10 Å². The maximum absolute atomic E-state index is 12.7. The van der Waals surface area contributed by atoms with E-state index in [0.29, 0.717) is 26.3 Å². The number of amides is 1. The number of fused-ring (bicyclic) bond motifs is 1. The summed E-state index contributed by atoms with van der Waals surface area (Å²) in [4.78, 5) is 27.7. The van der Waals surface area contributed by atoms with Gasteiger partial charge in [-0.25, -0.2) is 4.79 Å². The van der Waals surface area contributed by atoms with E-state index in [2.05, 4.69) is 15.3 Å². The number of halogens is 3. The van der Waals surface area contributed by atoms with E-state index >= 15 is 0 Å². The smallest absolute Gasteiger partial charge is 0.475 e. The number of thiophene rings is 1. The van der Waals surface area contributed by atoms with Crippen molar-refractivity contribution >= 4 is 23.2 Å². The number of pyridine rings is 1. The zero-order valence-electron chi connectivity index (χ0n) is 17.4. The van der Waals surface area contributed by atoms with Crippen LogP contribution in [-0.2, 0) is 29.7 Å². The van der Waals surface area contributed by atoms with Crippen LogP contribution in [0.2, 0.25) is 0 Å². The molecule has 1 amide bonds. The van der Waals surface area contributed by atoms with Crippen molar-refractivity contribution in [1.29, 1.82) is 0 Å². The first-order valence-corrected chi connectivity index (χ1v) is 10.6. The van der Waals surface area contributed by atoms with Gasteiger partial charge >= 0.3 is 12.1 Å². The Hall–Kier alpha value is -3.32. The fraction of sp³-hybridized carbons (Fsp3) is 0.350. The highest BCUT2D eigenvalue weighted by molar-refractivity contribution is 7.08. The van der Waals surface area contributed by atoms with Crippen LogP contribution >= 0.6 is 11.3 Å². The van der Waals surface area contributed by atoms with E-state index in [-0.39, 0.29) is 11.8 Å². The topological polar surface area (TPSA) is 110 Å². The minimum atomic E-state index is -5.08. The largest absolute Gasteiger partial charge is 0.490 e. The van der Waals surface area contributed by atoms with E-state index < -0.39 is 12.1 Å². The predicted molar refractivity (Wildman–Crippen MR) is 110 cm³/mol. The van der Waals surface area contributed by atoms with Gasteiger partial charge in [0.25, 0.3) is 5.91 Å². The molecule has 0 spiro atoms. The molecule has 1 unspecified atom stereocenters. The molecular formula is C20H20F3N5O4S. The summed E-state index contributed by atoms with van der Waals surface area (Å²) in [6.45, 7) is 1.99. The third kappa shape index (κ3) is 6.35. The molecule has 0 radical (unpaired) electrons. The number of aromatic nitrogens is 4. The number of carboxylic acid groups (broad SMARTS) is 1. The average molecular weight is 483 g/mol. The summed E-state index contributed by atoms with van der Waals surface area (Å²) in [5.41, 5.74) is 3.49. The number of carbonyl (C=O) groups excluding carboxylic acids is 1. The van der Waals surface area contributed by atoms with E-state index in [4.69, 9.17) is 14.6 Å². The van der Waals surface area contributed by atoms with E-state index in [0.717, 1.165) is 22.6 Å². The minimum absolute atomic E-state index is 0.0253. The molecule has 3 aromatic rings. The standard InChI is InChI=1S/C18H19N5O2S.C2HF3O2/c1-22-17-14(10-25-11-15-4-2-3-6-19-15)8-23(9-16(17)20-21-22)18(24)13-5-7-26-12-13;3-2(4,5)1(6)7/h2-7,12,14H,8-11H2,1H3;(H,6,7). The minimum Gasteiger partial charge on any atom is -0.475 e. The Morgan fingerprint density at radius 1 is 1.30 bits per heavy atom. The van der Waals surface area contributed by atoms with Crippen LogP contribution in [0.1, 0.15) is 33.4 Å². The fourth-order valence-corrected chi connectivity index (χ4v) is 3.89. The van der Waals surface area contributed by atoms with E-state index in [1.165, 1.54) is 11.3 Å². The molecule has 1 N–H and O–H groups in total. The van der Waals surface area contributed by atoms with Crippen molar-refractivity contribution < 1.29 is 32.6 Å². The maximum atomic E-state index is 12.7. The van der Waals surface area contributed by atoms with Crippen molar-refractivity contribution in [2.45, 2.75) is 25.2 Å². The Balaban J connectivity index is 0.000000383. The monoisotopic (exact) mass is 483 g/mol. The second kappa shape index (κ2) is 10.5. The Kier molecular flexibility index (Phi) is 7.76. The van der Waals surface area contributed by atoms with Gasteiger partial charge in [-0.05, 0) is 23.6 Å². The number of ether oxygens (including phenoxy) is 1. The number of hydrogen-bond acceptors (Lipinski definition) is 7. The molecule has 3 aromatic heterocycles. The quantitative estimate of drug-likeness (QED) is 0.594. The van der Waals surface area contributed by atoms with Crippen LogP contribution in [-0.4, -0.2) is 61.2 Å². The van der Waals surface area contributed by atoms with Gasteiger partial charge < -0.3 is 14.7 Å². The molecule has 4 rings (SSSR count).